The minimum atomic E-state index is -0.435. The number of hydrogen-bond acceptors (Lipinski definition) is 4. The monoisotopic (exact) mass is 241 g/mol. The molecule has 3 N–H and O–H groups in total. The van der Waals surface area contributed by atoms with Gasteiger partial charge in [-0.2, -0.15) is 0 Å². The molecule has 0 atom stereocenters. The molecular formula is C14H11NO3. The minimum absolute atomic E-state index is 0.0459. The predicted octanol–water partition coefficient (Wildman–Crippen LogP) is 2.31. The number of anilines is 1. The Balaban J connectivity index is 2.30. The van der Waals surface area contributed by atoms with Crippen LogP contribution in [0.3, 0.4) is 0 Å². The summed E-state index contributed by atoms with van der Waals surface area (Å²) in [6.45, 7) is 0.189. The second-order valence-corrected chi connectivity index (χ2v) is 4.22. The molecule has 0 saturated carbocycles. The highest BCUT2D eigenvalue weighted by molar-refractivity contribution is 5.99. The van der Waals surface area contributed by atoms with Crippen molar-refractivity contribution in [1.29, 1.82) is 0 Å². The molecule has 0 amide bonds. The number of benzene rings is 2. The fraction of sp³-hybridized carbons (Fsp3) is 0.0714. The zero-order valence-corrected chi connectivity index (χ0v) is 9.51. The fourth-order valence-corrected chi connectivity index (χ4v) is 2.15. The van der Waals surface area contributed by atoms with E-state index in [1.807, 2.05) is 6.07 Å². The Morgan fingerprint density at radius 2 is 1.83 bits per heavy atom. The molecule has 3 rings (SSSR count). The molecule has 4 nitrogen and oxygen atoms in total. The molecule has 0 fully saturated rings. The number of hydrogen-bond donors (Lipinski definition) is 2. The number of phenolic OH excluding ortho intramolecular Hbond substituents is 1. The quantitative estimate of drug-likeness (QED) is 0.548. The molecule has 0 aromatic heterocycles. The Kier molecular flexibility index (Phi) is 2.23. The Morgan fingerprint density at radius 1 is 1.06 bits per heavy atom. The van der Waals surface area contributed by atoms with E-state index in [-0.39, 0.29) is 12.4 Å². The number of fused-ring (bicyclic) bond motifs is 3. The Morgan fingerprint density at radius 3 is 2.67 bits per heavy atom. The van der Waals surface area contributed by atoms with Crippen LogP contribution in [0, 0.1) is 0 Å². The number of aromatic hydroxyl groups is 1. The van der Waals surface area contributed by atoms with E-state index < -0.39 is 5.97 Å². The minimum Gasteiger partial charge on any atom is -0.508 e. The van der Waals surface area contributed by atoms with Gasteiger partial charge in [-0.15, -0.1) is 0 Å². The molecule has 0 radical (unpaired) electrons. The summed E-state index contributed by atoms with van der Waals surface area (Å²) in [5.41, 5.74) is 9.27. The van der Waals surface area contributed by atoms with Crippen molar-refractivity contribution in [2.75, 3.05) is 5.73 Å². The summed E-state index contributed by atoms with van der Waals surface area (Å²) in [7, 11) is 0. The maximum atomic E-state index is 11.8. The molecule has 90 valence electrons. The van der Waals surface area contributed by atoms with Gasteiger partial charge >= 0.3 is 5.97 Å². The lowest BCUT2D eigenvalue weighted by molar-refractivity contribution is 0.0478. The molecule has 18 heavy (non-hydrogen) atoms. The van der Waals surface area contributed by atoms with E-state index in [4.69, 9.17) is 10.5 Å². The second kappa shape index (κ2) is 3.77. The largest absolute Gasteiger partial charge is 0.508 e. The third-order valence-corrected chi connectivity index (χ3v) is 3.00. The van der Waals surface area contributed by atoms with Gasteiger partial charge in [0.25, 0.3) is 0 Å². The van der Waals surface area contributed by atoms with Crippen LogP contribution in [0.2, 0.25) is 0 Å². The topological polar surface area (TPSA) is 72.5 Å². The highest BCUT2D eigenvalue weighted by atomic mass is 16.5. The van der Waals surface area contributed by atoms with Crippen molar-refractivity contribution < 1.29 is 14.6 Å². The van der Waals surface area contributed by atoms with E-state index in [0.717, 1.165) is 16.7 Å². The van der Waals surface area contributed by atoms with Crippen LogP contribution in [-0.2, 0) is 11.3 Å². The van der Waals surface area contributed by atoms with Crippen LogP contribution in [0.15, 0.2) is 36.4 Å². The molecule has 1 aliphatic heterocycles. The van der Waals surface area contributed by atoms with Gasteiger partial charge in [-0.1, -0.05) is 6.07 Å². The van der Waals surface area contributed by atoms with Crippen LogP contribution in [0.25, 0.3) is 11.1 Å². The molecule has 4 heteroatoms. The van der Waals surface area contributed by atoms with Gasteiger partial charge in [0.05, 0.1) is 5.56 Å². The Hall–Kier alpha value is -2.49. The maximum absolute atomic E-state index is 11.8. The lowest BCUT2D eigenvalue weighted by Crippen LogP contribution is -2.02. The summed E-state index contributed by atoms with van der Waals surface area (Å²) in [6.07, 6.45) is 0. The third kappa shape index (κ3) is 1.59. The molecule has 0 saturated heterocycles. The van der Waals surface area contributed by atoms with Gasteiger partial charge in [-0.05, 0) is 47.0 Å². The van der Waals surface area contributed by atoms with E-state index in [2.05, 4.69) is 0 Å². The second-order valence-electron chi connectivity index (χ2n) is 4.22. The summed E-state index contributed by atoms with van der Waals surface area (Å²) in [5, 5.41) is 9.46. The Bertz CT molecular complexity index is 649. The first kappa shape index (κ1) is 10.7. The molecule has 1 heterocycles. The average molecular weight is 241 g/mol. The molecule has 2 aromatic rings. The van der Waals surface area contributed by atoms with E-state index in [1.54, 1.807) is 24.3 Å². The highest BCUT2D eigenvalue weighted by Gasteiger charge is 2.21. The van der Waals surface area contributed by atoms with E-state index in [1.165, 1.54) is 6.07 Å². The van der Waals surface area contributed by atoms with Crippen molar-refractivity contribution in [3.05, 3.63) is 47.5 Å². The first-order valence-corrected chi connectivity index (χ1v) is 5.54. The number of nitrogen functional groups attached to an aromatic ring is 1. The van der Waals surface area contributed by atoms with Gasteiger partial charge < -0.3 is 15.6 Å². The number of ether oxygens (including phenoxy) is 1. The molecule has 0 spiro atoms. The molecular weight excluding hydrogens is 230 g/mol. The van der Waals surface area contributed by atoms with Crippen molar-refractivity contribution in [3.63, 3.8) is 0 Å². The number of carbonyl (C=O) groups excluding carboxylic acids is 1. The number of cyclic esters (lactones) is 1. The van der Waals surface area contributed by atoms with Gasteiger partial charge in [-0.3, -0.25) is 0 Å². The molecule has 0 unspecified atom stereocenters. The van der Waals surface area contributed by atoms with E-state index in [0.29, 0.717) is 11.3 Å². The zero-order valence-electron chi connectivity index (χ0n) is 9.51. The Labute approximate surface area is 104 Å². The van der Waals surface area contributed by atoms with Gasteiger partial charge in [-0.25, -0.2) is 4.79 Å². The summed E-state index contributed by atoms with van der Waals surface area (Å²) in [4.78, 5) is 11.8. The maximum Gasteiger partial charge on any atom is 0.339 e. The molecule has 0 aliphatic carbocycles. The van der Waals surface area contributed by atoms with Crippen LogP contribution in [-0.4, -0.2) is 11.1 Å². The predicted molar refractivity (Wildman–Crippen MR) is 67.1 cm³/mol. The first-order chi connectivity index (χ1) is 8.65. The zero-order chi connectivity index (χ0) is 12.7. The van der Waals surface area contributed by atoms with Gasteiger partial charge in [0.15, 0.2) is 0 Å². The molecule has 1 aliphatic rings. The number of phenols is 1. The van der Waals surface area contributed by atoms with Gasteiger partial charge in [0.1, 0.15) is 12.4 Å². The van der Waals surface area contributed by atoms with Crippen molar-refractivity contribution >= 4 is 11.7 Å². The highest BCUT2D eigenvalue weighted by Crippen LogP contribution is 2.34. The van der Waals surface area contributed by atoms with Crippen molar-refractivity contribution in [1.82, 2.24) is 0 Å². The lowest BCUT2D eigenvalue weighted by Gasteiger charge is -2.07. The fourth-order valence-electron chi connectivity index (χ4n) is 2.15. The molecule has 2 aromatic carbocycles. The van der Waals surface area contributed by atoms with Crippen molar-refractivity contribution in [2.45, 2.75) is 6.61 Å². The van der Waals surface area contributed by atoms with Crippen LogP contribution in [0.1, 0.15) is 15.9 Å². The van der Waals surface area contributed by atoms with Gasteiger partial charge in [0, 0.05) is 5.69 Å². The standard InChI is InChI=1S/C14H11NO3/c15-9-1-3-11-8(5-9)7-18-14(17)13-6-10(16)2-4-12(11)13/h1-6,16H,7,15H2. The van der Waals surface area contributed by atoms with Gasteiger partial charge in [0.2, 0.25) is 0 Å². The third-order valence-electron chi connectivity index (χ3n) is 3.00. The number of esters is 1. The van der Waals surface area contributed by atoms with E-state index >= 15 is 0 Å². The van der Waals surface area contributed by atoms with Crippen LogP contribution >= 0.6 is 0 Å². The lowest BCUT2D eigenvalue weighted by atomic mass is 9.96. The van der Waals surface area contributed by atoms with Crippen molar-refractivity contribution in [3.8, 4) is 16.9 Å². The number of rotatable bonds is 0. The summed E-state index contributed by atoms with van der Waals surface area (Å²) >= 11 is 0. The first-order valence-electron chi connectivity index (χ1n) is 5.54. The average Bonchev–Trinajstić information content (AvgIpc) is 2.48. The number of carbonyl (C=O) groups is 1. The smallest absolute Gasteiger partial charge is 0.339 e. The van der Waals surface area contributed by atoms with Crippen LogP contribution in [0.4, 0.5) is 5.69 Å². The summed E-state index contributed by atoms with van der Waals surface area (Å²) in [5.74, 6) is -0.389. The van der Waals surface area contributed by atoms with Crippen molar-refractivity contribution in [2.24, 2.45) is 0 Å². The molecule has 0 bridgehead atoms. The summed E-state index contributed by atoms with van der Waals surface area (Å²) < 4.78 is 5.16. The van der Waals surface area contributed by atoms with Crippen LogP contribution < -0.4 is 5.73 Å². The normalized spacial score (nSPS) is 13.2. The number of nitrogens with two attached hydrogens (primary N) is 1. The summed E-state index contributed by atoms with van der Waals surface area (Å²) in [6, 6.07) is 10.1. The van der Waals surface area contributed by atoms with Crippen LogP contribution in [0.5, 0.6) is 5.75 Å². The SMILES string of the molecule is Nc1ccc2c(c1)COC(=O)c1cc(O)ccc1-2. The van der Waals surface area contributed by atoms with E-state index in [9.17, 15) is 9.90 Å².